The van der Waals surface area contributed by atoms with Gasteiger partial charge >= 0.3 is 0 Å². The maximum absolute atomic E-state index is 3.70. The van der Waals surface area contributed by atoms with Gasteiger partial charge in [-0.3, -0.25) is 0 Å². The van der Waals surface area contributed by atoms with Gasteiger partial charge in [-0.25, -0.2) is 0 Å². The molecule has 1 aliphatic heterocycles. The normalized spacial score (nSPS) is 21.8. The van der Waals surface area contributed by atoms with E-state index in [4.69, 9.17) is 0 Å². The monoisotopic (exact) mass is 263 g/mol. The minimum atomic E-state index is 0.527. The van der Waals surface area contributed by atoms with Crippen molar-refractivity contribution in [1.29, 1.82) is 0 Å². The van der Waals surface area contributed by atoms with Crippen molar-refractivity contribution < 1.29 is 0 Å². The minimum Gasteiger partial charge on any atom is -0.309 e. The van der Waals surface area contributed by atoms with Gasteiger partial charge in [0.1, 0.15) is 0 Å². The first-order chi connectivity index (χ1) is 8.70. The molecule has 2 heteroatoms. The van der Waals surface area contributed by atoms with E-state index in [1.54, 1.807) is 0 Å². The zero-order valence-corrected chi connectivity index (χ0v) is 12.6. The summed E-state index contributed by atoms with van der Waals surface area (Å²) >= 11 is 2.16. The fraction of sp³-hybridized carbons (Fsp3) is 0.625. The first-order valence-corrected chi connectivity index (χ1v) is 8.18. The Morgan fingerprint density at radius 3 is 2.50 bits per heavy atom. The predicted molar refractivity (Wildman–Crippen MR) is 82.4 cm³/mol. The number of hydrogen-bond acceptors (Lipinski definition) is 2. The number of aryl methyl sites for hydroxylation is 2. The van der Waals surface area contributed by atoms with Crippen LogP contribution in [0.3, 0.4) is 0 Å². The first-order valence-electron chi connectivity index (χ1n) is 7.14. The van der Waals surface area contributed by atoms with Crippen LogP contribution in [0.5, 0.6) is 0 Å². The molecule has 1 N–H and O–H groups in total. The molecule has 1 fully saturated rings. The van der Waals surface area contributed by atoms with E-state index in [1.165, 1.54) is 41.7 Å². The van der Waals surface area contributed by atoms with Crippen LogP contribution in [0.2, 0.25) is 0 Å². The molecule has 1 aromatic carbocycles. The largest absolute Gasteiger partial charge is 0.309 e. The lowest BCUT2D eigenvalue weighted by Crippen LogP contribution is -2.31. The summed E-state index contributed by atoms with van der Waals surface area (Å²) in [4.78, 5) is 0. The van der Waals surface area contributed by atoms with Crippen molar-refractivity contribution in [2.45, 2.75) is 51.3 Å². The summed E-state index contributed by atoms with van der Waals surface area (Å²) in [6.07, 6.45) is 4.15. The topological polar surface area (TPSA) is 12.0 Å². The van der Waals surface area contributed by atoms with Crippen LogP contribution in [-0.2, 0) is 0 Å². The Hall–Kier alpha value is -0.470. The highest BCUT2D eigenvalue weighted by atomic mass is 32.2. The summed E-state index contributed by atoms with van der Waals surface area (Å²) in [5.74, 6) is 1.33. The average molecular weight is 263 g/mol. The SMILES string of the molecule is CCNC(c1cc(C)cc(C)c1)C1CCCCS1. The summed E-state index contributed by atoms with van der Waals surface area (Å²) < 4.78 is 0. The third kappa shape index (κ3) is 3.52. The summed E-state index contributed by atoms with van der Waals surface area (Å²) in [6.45, 7) is 7.67. The Balaban J connectivity index is 2.22. The van der Waals surface area contributed by atoms with Gasteiger partial charge in [0.2, 0.25) is 0 Å². The van der Waals surface area contributed by atoms with E-state index in [0.717, 1.165) is 11.8 Å². The minimum absolute atomic E-state index is 0.527. The molecule has 18 heavy (non-hydrogen) atoms. The highest BCUT2D eigenvalue weighted by molar-refractivity contribution is 8.00. The molecule has 2 unspecified atom stereocenters. The lowest BCUT2D eigenvalue weighted by atomic mass is 9.96. The number of benzene rings is 1. The van der Waals surface area contributed by atoms with Gasteiger partial charge in [0.25, 0.3) is 0 Å². The van der Waals surface area contributed by atoms with Gasteiger partial charge < -0.3 is 5.32 Å². The fourth-order valence-electron chi connectivity index (χ4n) is 2.90. The van der Waals surface area contributed by atoms with Crippen LogP contribution in [0.15, 0.2) is 18.2 Å². The lowest BCUT2D eigenvalue weighted by Gasteiger charge is -2.31. The van der Waals surface area contributed by atoms with Crippen LogP contribution in [0.4, 0.5) is 0 Å². The summed E-state index contributed by atoms with van der Waals surface area (Å²) in [5.41, 5.74) is 4.25. The Kier molecular flexibility index (Phi) is 5.13. The van der Waals surface area contributed by atoms with Gasteiger partial charge in [-0.05, 0) is 44.6 Å². The molecule has 100 valence electrons. The smallest absolute Gasteiger partial charge is 0.0440 e. The van der Waals surface area contributed by atoms with Gasteiger partial charge in [0.15, 0.2) is 0 Å². The number of thioether (sulfide) groups is 1. The second-order valence-corrected chi connectivity index (χ2v) is 6.71. The third-order valence-electron chi connectivity index (χ3n) is 3.61. The zero-order valence-electron chi connectivity index (χ0n) is 11.8. The van der Waals surface area contributed by atoms with Crippen LogP contribution in [0.1, 0.15) is 48.9 Å². The van der Waals surface area contributed by atoms with Crippen LogP contribution >= 0.6 is 11.8 Å². The van der Waals surface area contributed by atoms with Gasteiger partial charge in [-0.15, -0.1) is 0 Å². The molecule has 2 atom stereocenters. The molecule has 1 heterocycles. The van der Waals surface area contributed by atoms with Crippen molar-refractivity contribution in [3.8, 4) is 0 Å². The van der Waals surface area contributed by atoms with Crippen molar-refractivity contribution in [2.24, 2.45) is 0 Å². The van der Waals surface area contributed by atoms with Gasteiger partial charge in [0.05, 0.1) is 0 Å². The van der Waals surface area contributed by atoms with Gasteiger partial charge in [0, 0.05) is 11.3 Å². The van der Waals surface area contributed by atoms with Crippen molar-refractivity contribution in [3.63, 3.8) is 0 Å². The number of nitrogens with one attached hydrogen (secondary N) is 1. The molecule has 1 saturated heterocycles. The molecule has 1 aliphatic rings. The molecule has 0 aromatic heterocycles. The van der Waals surface area contributed by atoms with Crippen molar-refractivity contribution in [3.05, 3.63) is 34.9 Å². The van der Waals surface area contributed by atoms with E-state index in [-0.39, 0.29) is 0 Å². The van der Waals surface area contributed by atoms with E-state index >= 15 is 0 Å². The van der Waals surface area contributed by atoms with Crippen LogP contribution < -0.4 is 5.32 Å². The quantitative estimate of drug-likeness (QED) is 0.872. The van der Waals surface area contributed by atoms with E-state index in [1.807, 2.05) is 0 Å². The van der Waals surface area contributed by atoms with Crippen LogP contribution in [0, 0.1) is 13.8 Å². The molecule has 0 bridgehead atoms. The van der Waals surface area contributed by atoms with E-state index in [0.29, 0.717) is 6.04 Å². The van der Waals surface area contributed by atoms with Crippen molar-refractivity contribution in [1.82, 2.24) is 5.32 Å². The zero-order chi connectivity index (χ0) is 13.0. The van der Waals surface area contributed by atoms with E-state index in [9.17, 15) is 0 Å². The standard InChI is InChI=1S/C16H25NS/c1-4-17-16(15-7-5-6-8-18-15)14-10-12(2)9-13(3)11-14/h9-11,15-17H,4-8H2,1-3H3. The Morgan fingerprint density at radius 1 is 1.22 bits per heavy atom. The second-order valence-electron chi connectivity index (χ2n) is 5.36. The molecular weight excluding hydrogens is 238 g/mol. The predicted octanol–water partition coefficient (Wildman–Crippen LogP) is 4.24. The molecule has 0 radical (unpaired) electrons. The Labute approximate surface area is 116 Å². The summed E-state index contributed by atoms with van der Waals surface area (Å²) in [7, 11) is 0. The lowest BCUT2D eigenvalue weighted by molar-refractivity contribution is 0.491. The molecule has 0 amide bonds. The Morgan fingerprint density at radius 2 is 1.94 bits per heavy atom. The number of rotatable bonds is 4. The van der Waals surface area contributed by atoms with Gasteiger partial charge in [-0.1, -0.05) is 42.7 Å². The van der Waals surface area contributed by atoms with Gasteiger partial charge in [-0.2, -0.15) is 11.8 Å². The molecule has 2 rings (SSSR count). The van der Waals surface area contributed by atoms with E-state index in [2.05, 4.69) is 56.0 Å². The van der Waals surface area contributed by atoms with Crippen molar-refractivity contribution >= 4 is 11.8 Å². The number of hydrogen-bond donors (Lipinski definition) is 1. The molecule has 1 nitrogen and oxygen atoms in total. The first kappa shape index (κ1) is 14.0. The third-order valence-corrected chi connectivity index (χ3v) is 5.07. The highest BCUT2D eigenvalue weighted by Crippen LogP contribution is 2.35. The second kappa shape index (κ2) is 6.63. The molecule has 0 saturated carbocycles. The van der Waals surface area contributed by atoms with Crippen LogP contribution in [-0.4, -0.2) is 17.5 Å². The van der Waals surface area contributed by atoms with E-state index < -0.39 is 0 Å². The maximum atomic E-state index is 3.70. The summed E-state index contributed by atoms with van der Waals surface area (Å²) in [6, 6.07) is 7.50. The maximum Gasteiger partial charge on any atom is 0.0440 e. The molecule has 0 aliphatic carbocycles. The summed E-state index contributed by atoms with van der Waals surface area (Å²) in [5, 5.41) is 4.45. The molecular formula is C16H25NS. The fourth-order valence-corrected chi connectivity index (χ4v) is 4.35. The van der Waals surface area contributed by atoms with Crippen molar-refractivity contribution in [2.75, 3.05) is 12.3 Å². The average Bonchev–Trinajstić information content (AvgIpc) is 2.36. The molecule has 1 aromatic rings. The van der Waals surface area contributed by atoms with Crippen LogP contribution in [0.25, 0.3) is 0 Å². The Bertz CT molecular complexity index is 362. The molecule has 0 spiro atoms. The highest BCUT2D eigenvalue weighted by Gasteiger charge is 2.25.